The van der Waals surface area contributed by atoms with Crippen molar-refractivity contribution in [1.82, 2.24) is 0 Å². The smallest absolute Gasteiger partial charge is 0.0950 e. The molecule has 0 fully saturated rings. The Morgan fingerprint density at radius 1 is 1.36 bits per heavy atom. The van der Waals surface area contributed by atoms with Crippen molar-refractivity contribution >= 4 is 6.29 Å². The zero-order chi connectivity index (χ0) is 6.69. The zero-order valence-electron chi connectivity index (χ0n) is 5.20. The molecule has 1 aromatic rings. The number of phenolic OH excluding ortho intramolecular Hbond substituents is 1. The van der Waals surface area contributed by atoms with Crippen molar-refractivity contribution in [1.29, 1.82) is 0 Å². The summed E-state index contributed by atoms with van der Waals surface area (Å²) in [6, 6.07) is 6.85. The number of aldehydes is 1. The van der Waals surface area contributed by atoms with E-state index < -0.39 is 0 Å². The first-order chi connectivity index (χ1) is 4.33. The summed E-state index contributed by atoms with van der Waals surface area (Å²) in [5.74, 6) is 0.0561. The van der Waals surface area contributed by atoms with E-state index >= 15 is 0 Å². The van der Waals surface area contributed by atoms with Crippen LogP contribution in [0.3, 0.4) is 0 Å². The van der Waals surface area contributed by atoms with E-state index in [4.69, 9.17) is 5.11 Å². The van der Waals surface area contributed by atoms with E-state index in [1.165, 1.54) is 18.2 Å². The van der Waals surface area contributed by atoms with E-state index in [-0.39, 0.29) is 5.75 Å². The number of aromatic hydroxyl groups is 1. The number of phenols is 1. The van der Waals surface area contributed by atoms with Gasteiger partial charge in [0.1, 0.15) is 0 Å². The van der Waals surface area contributed by atoms with E-state index in [0.29, 0.717) is 11.8 Å². The Balaban J connectivity index is 0. The molecule has 0 saturated carbocycles. The second-order valence-electron chi connectivity index (χ2n) is 1.63. The summed E-state index contributed by atoms with van der Waals surface area (Å²) in [7, 11) is 0. The molecule has 0 bridgehead atoms. The standard InChI is InChI=1S/C7H5O2.2No/c8-5-6-1-3-7(9)4-2-6;;/h1-3,5,9H;;/q-1;;. The second-order valence-corrected chi connectivity index (χ2v) is 1.63. The van der Waals surface area contributed by atoms with Crippen LogP contribution >= 0.6 is 0 Å². The van der Waals surface area contributed by atoms with Crippen molar-refractivity contribution in [3.63, 3.8) is 0 Å². The van der Waals surface area contributed by atoms with Crippen LogP contribution in [-0.2, 0) is 0 Å². The molecule has 0 spiro atoms. The molecule has 0 unspecified atom stereocenters. The second kappa shape index (κ2) is 3.66. The van der Waals surface area contributed by atoms with Crippen LogP contribution in [-0.4, -0.2) is 11.4 Å². The minimum atomic E-state index is 0. The topological polar surface area (TPSA) is 37.3 Å². The fourth-order valence-corrected chi connectivity index (χ4v) is 0.502. The van der Waals surface area contributed by atoms with Gasteiger partial charge in [-0.15, -0.1) is 12.1 Å². The third-order valence-electron chi connectivity index (χ3n) is 0.956. The Kier molecular flexibility index (Phi) is 3.54. The van der Waals surface area contributed by atoms with E-state index in [1.807, 2.05) is 0 Å². The molecule has 2 nitrogen and oxygen atoms in total. The van der Waals surface area contributed by atoms with Gasteiger partial charge in [-0.1, -0.05) is 5.56 Å². The van der Waals surface area contributed by atoms with Gasteiger partial charge in [0.05, 0.1) is 6.29 Å². The summed E-state index contributed by atoms with van der Waals surface area (Å²) < 4.78 is 0. The predicted molar refractivity (Wildman–Crippen MR) is 32.3 cm³/mol. The molecule has 1 rings (SSSR count). The molecule has 0 aromatic heterocycles. The van der Waals surface area contributed by atoms with E-state index in [1.54, 1.807) is 0 Å². The number of rotatable bonds is 1. The molecular weight excluding hydrogens is 634 g/mol. The SMILES string of the molecule is O=Cc1c[c-]c(O)cc1.[No].[No]. The van der Waals surface area contributed by atoms with Crippen LogP contribution in [0, 0.1) is 6.07 Å². The monoisotopic (exact) mass is 639 g/mol. The normalized spacial score (nSPS) is 7.27. The van der Waals surface area contributed by atoms with Gasteiger partial charge in [0.25, 0.3) is 0 Å². The molecule has 74 valence electrons. The molecule has 0 aliphatic rings. The van der Waals surface area contributed by atoms with Crippen molar-refractivity contribution < 1.29 is 9.90 Å². The molecule has 4 heteroatoms. The molecule has 0 heterocycles. The average Bonchev–Trinajstić information content (AvgIpc) is 1.90. The number of carbonyl (C=O) groups is 1. The summed E-state index contributed by atoms with van der Waals surface area (Å²) in [4.78, 5) is 10.0. The van der Waals surface area contributed by atoms with Crippen molar-refractivity contribution in [3.8, 4) is 5.75 Å². The Morgan fingerprint density at radius 2 is 2.00 bits per heavy atom. The van der Waals surface area contributed by atoms with Gasteiger partial charge < -0.3 is 9.90 Å². The Labute approximate surface area is 52.8 Å². The third-order valence-corrected chi connectivity index (χ3v) is 0.956. The minimum Gasteiger partial charge on any atom is -0.534 e. The van der Waals surface area contributed by atoms with Gasteiger partial charge in [-0.2, -0.15) is 12.1 Å². The molecule has 0 saturated heterocycles. The van der Waals surface area contributed by atoms with Crippen LogP contribution in [0.15, 0.2) is 18.2 Å². The van der Waals surface area contributed by atoms with Crippen LogP contribution in [0.25, 0.3) is 0 Å². The van der Waals surface area contributed by atoms with E-state index in [9.17, 15) is 4.79 Å². The van der Waals surface area contributed by atoms with Crippen molar-refractivity contribution in [3.05, 3.63) is 29.8 Å². The van der Waals surface area contributed by atoms with Crippen LogP contribution < -0.4 is 0 Å². The van der Waals surface area contributed by atoms with Gasteiger partial charge in [0, 0.05) is 5.75 Å². The maximum absolute atomic E-state index is 10.0. The van der Waals surface area contributed by atoms with E-state index in [2.05, 4.69) is 6.07 Å². The molecule has 1 aromatic carbocycles. The molecule has 0 aliphatic heterocycles. The first-order valence-corrected chi connectivity index (χ1v) is 2.49. The van der Waals surface area contributed by atoms with Gasteiger partial charge in [-0.25, -0.2) is 0 Å². The molecular formula is C7H5No2O2-. The summed E-state index contributed by atoms with van der Waals surface area (Å²) in [6.45, 7) is 0. The number of hydrogen-bond acceptors (Lipinski definition) is 2. The van der Waals surface area contributed by atoms with E-state index in [0.717, 1.165) is 0 Å². The Hall–Kier alpha value is -3.31. The quantitative estimate of drug-likeness (QED) is 0.369. The average molecular weight is 639 g/mol. The summed E-state index contributed by atoms with van der Waals surface area (Å²) in [5.41, 5.74) is 0.521. The Bertz CT molecular complexity index is 208. The fraction of sp³-hybridized carbons (Fsp3) is 0. The van der Waals surface area contributed by atoms with Gasteiger partial charge in [-0.3, -0.25) is 0 Å². The third kappa shape index (κ3) is 1.95. The molecule has 0 amide bonds. The maximum atomic E-state index is 10.0. The molecule has 11 heavy (non-hydrogen) atoms. The van der Waals surface area contributed by atoms with Gasteiger partial charge >= 0.3 is 0 Å². The number of benzene rings is 1. The molecule has 0 atom stereocenters. The van der Waals surface area contributed by atoms with Gasteiger partial charge in [0.2, 0.25) is 0 Å². The van der Waals surface area contributed by atoms with Crippen molar-refractivity contribution in [2.45, 2.75) is 0 Å². The fourth-order valence-electron chi connectivity index (χ4n) is 0.502. The Morgan fingerprint density at radius 3 is 2.36 bits per heavy atom. The summed E-state index contributed by atoms with van der Waals surface area (Å²) in [5, 5.41) is 8.68. The van der Waals surface area contributed by atoms with Crippen molar-refractivity contribution in [2.24, 2.45) is 0 Å². The molecule has 1 N–H and O–H groups in total. The van der Waals surface area contributed by atoms with Crippen LogP contribution in [0.2, 0.25) is 0 Å². The number of carbonyl (C=O) groups excluding carboxylic acids is 1. The summed E-state index contributed by atoms with van der Waals surface area (Å²) >= 11 is 0. The molecule has 0 aliphatic carbocycles. The van der Waals surface area contributed by atoms with Gasteiger partial charge in [-0.05, 0) is 0 Å². The van der Waals surface area contributed by atoms with Crippen LogP contribution in [0.5, 0.6) is 5.75 Å². The largest absolute Gasteiger partial charge is 0.534 e. The first kappa shape index (κ1) is 10.6. The van der Waals surface area contributed by atoms with Gasteiger partial charge in [0.15, 0.2) is 0 Å². The summed E-state index contributed by atoms with van der Waals surface area (Å²) in [6.07, 6.45) is 0.704. The zero-order valence-corrected chi connectivity index (χ0v) is 9.65. The van der Waals surface area contributed by atoms with Crippen LogP contribution in [0.4, 0.5) is 0 Å². The minimum absolute atomic E-state index is 0. The number of hydrogen-bond donors (Lipinski definition) is 1. The molecule has 0 radical (unpaired) electrons. The maximum Gasteiger partial charge on any atom is 0.0950 e. The van der Waals surface area contributed by atoms with Crippen LogP contribution in [0.1, 0.15) is 10.4 Å². The predicted octanol–water partition coefficient (Wildman–Crippen LogP) is 1.00. The van der Waals surface area contributed by atoms with Crippen molar-refractivity contribution in [2.75, 3.05) is 0 Å². The first-order valence-electron chi connectivity index (χ1n) is 2.49.